The van der Waals surface area contributed by atoms with E-state index in [2.05, 4.69) is 43.1 Å². The number of hydrogen-bond donors (Lipinski definition) is 0. The van der Waals surface area contributed by atoms with E-state index in [1.54, 1.807) is 12.7 Å². The van der Waals surface area contributed by atoms with Crippen molar-refractivity contribution in [3.8, 4) is 33.8 Å². The van der Waals surface area contributed by atoms with Gasteiger partial charge in [-0.2, -0.15) is 0 Å². The summed E-state index contributed by atoms with van der Waals surface area (Å²) >= 11 is 0. The average Bonchev–Trinajstić information content (AvgIpc) is 3.09. The van der Waals surface area contributed by atoms with Gasteiger partial charge in [0.15, 0.2) is 0 Å². The Morgan fingerprint density at radius 1 is 0.543 bits per heavy atom. The summed E-state index contributed by atoms with van der Waals surface area (Å²) < 4.78 is 29.1. The molecule has 3 heterocycles. The number of para-hydroxylation sites is 3. The van der Waals surface area contributed by atoms with Crippen molar-refractivity contribution in [2.24, 2.45) is 0 Å². The van der Waals surface area contributed by atoms with Crippen LogP contribution in [-0.4, -0.2) is 13.3 Å². The van der Waals surface area contributed by atoms with Crippen LogP contribution in [-0.2, 0) is 4.57 Å². The van der Waals surface area contributed by atoms with Crippen molar-refractivity contribution in [3.05, 3.63) is 156 Å². The molecule has 7 heteroatoms. The molecule has 0 saturated heterocycles. The molecule has 9 rings (SSSR count). The van der Waals surface area contributed by atoms with Crippen molar-refractivity contribution in [3.63, 3.8) is 0 Å². The minimum absolute atomic E-state index is 0.274. The van der Waals surface area contributed by atoms with E-state index in [0.29, 0.717) is 16.7 Å². The fourth-order valence-electron chi connectivity index (χ4n) is 5.83. The van der Waals surface area contributed by atoms with Crippen molar-refractivity contribution in [2.75, 3.05) is 13.3 Å². The molecule has 2 atom stereocenters. The number of benzene rings is 6. The van der Waals surface area contributed by atoms with Gasteiger partial charge in [0.05, 0.1) is 10.7 Å². The molecule has 6 aromatic carbocycles. The molecule has 0 fully saturated rings. The molecule has 0 amide bonds. The van der Waals surface area contributed by atoms with Gasteiger partial charge in [-0.25, -0.2) is 4.79 Å². The van der Waals surface area contributed by atoms with E-state index in [1.165, 1.54) is 16.4 Å². The first-order valence-corrected chi connectivity index (χ1v) is 18.7. The smallest absolute Gasteiger partial charge is 0.344 e. The third-order valence-electron chi connectivity index (χ3n) is 7.97. The molecule has 46 heavy (non-hydrogen) atoms. The summed E-state index contributed by atoms with van der Waals surface area (Å²) in [4.78, 5) is 11.6. The highest BCUT2D eigenvalue weighted by atomic mass is 31.2. The first-order valence-electron chi connectivity index (χ1n) is 14.9. The summed E-state index contributed by atoms with van der Waals surface area (Å²) in [6.07, 6.45) is 0. The monoisotopic (exact) mass is 640 g/mol. The lowest BCUT2D eigenvalue weighted by Crippen LogP contribution is -2.16. The normalized spacial score (nSPS) is 16.9. The Morgan fingerprint density at radius 2 is 1.07 bits per heavy atom. The van der Waals surface area contributed by atoms with Crippen LogP contribution in [0, 0.1) is 0 Å². The van der Waals surface area contributed by atoms with E-state index in [4.69, 9.17) is 13.5 Å². The SMILES string of the molecule is C[P@@]1(=O)Oc2ccccc2-c2ccccc21.C[P@@]1Oc2ccccc2-c2ccccc21.O=c1oc2ccccc2c2ccccc12. The predicted octanol–water partition coefficient (Wildman–Crippen LogP) is 9.62. The largest absolute Gasteiger partial charge is 0.469 e. The fourth-order valence-corrected chi connectivity index (χ4v) is 8.84. The van der Waals surface area contributed by atoms with E-state index in [-0.39, 0.29) is 5.63 Å². The average molecular weight is 641 g/mol. The Hall–Kier alpha value is -4.95. The van der Waals surface area contributed by atoms with Crippen molar-refractivity contribution in [1.29, 1.82) is 0 Å². The minimum Gasteiger partial charge on any atom is -0.469 e. The van der Waals surface area contributed by atoms with Crippen molar-refractivity contribution in [1.82, 2.24) is 0 Å². The number of fused-ring (bicyclic) bond motifs is 9. The van der Waals surface area contributed by atoms with Gasteiger partial charge in [-0.1, -0.05) is 115 Å². The topological polar surface area (TPSA) is 65.7 Å². The van der Waals surface area contributed by atoms with Crippen LogP contribution in [0.1, 0.15) is 0 Å². The van der Waals surface area contributed by atoms with E-state index < -0.39 is 15.5 Å². The predicted molar refractivity (Wildman–Crippen MR) is 191 cm³/mol. The summed E-state index contributed by atoms with van der Waals surface area (Å²) in [5.74, 6) is 1.73. The molecule has 1 aromatic heterocycles. The highest BCUT2D eigenvalue weighted by molar-refractivity contribution is 7.67. The molecule has 0 radical (unpaired) electrons. The molecule has 0 unspecified atom stereocenters. The van der Waals surface area contributed by atoms with Gasteiger partial charge >= 0.3 is 5.63 Å². The van der Waals surface area contributed by atoms with E-state index in [1.807, 2.05) is 103 Å². The van der Waals surface area contributed by atoms with Crippen molar-refractivity contribution >= 4 is 47.9 Å². The lowest BCUT2D eigenvalue weighted by Gasteiger charge is -2.25. The number of hydrogen-bond acceptors (Lipinski definition) is 5. The Kier molecular flexibility index (Phi) is 8.05. The molecule has 0 N–H and O–H groups in total. The molecule has 7 aromatic rings. The zero-order valence-electron chi connectivity index (χ0n) is 25.3. The molecule has 2 aliphatic heterocycles. The van der Waals surface area contributed by atoms with Crippen molar-refractivity contribution < 1.29 is 18.0 Å². The quantitative estimate of drug-likeness (QED) is 0.0939. The van der Waals surface area contributed by atoms with Crippen LogP contribution in [0.2, 0.25) is 0 Å². The zero-order valence-corrected chi connectivity index (χ0v) is 27.1. The first-order chi connectivity index (χ1) is 22.4. The van der Waals surface area contributed by atoms with Crippen LogP contribution in [0.15, 0.2) is 155 Å². The third-order valence-corrected chi connectivity index (χ3v) is 11.3. The van der Waals surface area contributed by atoms with Gasteiger partial charge in [-0.15, -0.1) is 0 Å². The summed E-state index contributed by atoms with van der Waals surface area (Å²) in [6, 6.07) is 47.3. The van der Waals surface area contributed by atoms with Gasteiger partial charge < -0.3 is 13.5 Å². The second-order valence-corrected chi connectivity index (χ2v) is 15.0. The van der Waals surface area contributed by atoms with E-state index in [0.717, 1.165) is 33.0 Å². The lowest BCUT2D eigenvalue weighted by molar-refractivity contribution is 0.497. The lowest BCUT2D eigenvalue weighted by atomic mass is 10.0. The van der Waals surface area contributed by atoms with Gasteiger partial charge in [-0.3, -0.25) is 4.57 Å². The van der Waals surface area contributed by atoms with Crippen molar-refractivity contribution in [2.45, 2.75) is 0 Å². The van der Waals surface area contributed by atoms with Gasteiger partial charge in [0.2, 0.25) is 0 Å². The van der Waals surface area contributed by atoms with Crippen LogP contribution in [0.25, 0.3) is 44.0 Å². The van der Waals surface area contributed by atoms with Crippen LogP contribution in [0.3, 0.4) is 0 Å². The maximum Gasteiger partial charge on any atom is 0.344 e. The second-order valence-electron chi connectivity index (χ2n) is 11.0. The Labute approximate surface area is 268 Å². The fraction of sp³-hybridized carbons (Fsp3) is 0.0513. The standard InChI is InChI=1S/C13H11O2P.C13H8O2.C13H11OP/c1-16(14)13-9-5-3-7-11(13)10-6-2-4-8-12(10)15-16;14-13-11-7-2-1-5-9(11)10-6-3-4-8-12(10)15-13;1-15-13-9-5-3-7-11(13)10-6-2-4-8-12(10)14-15/h2-9H,1H3;1-8H;2-9H,1H3/t16-;;15-/m1.1/s1. The van der Waals surface area contributed by atoms with Gasteiger partial charge in [0.1, 0.15) is 25.2 Å². The summed E-state index contributed by atoms with van der Waals surface area (Å²) in [5.41, 5.74) is 4.95. The minimum atomic E-state index is -2.71. The van der Waals surface area contributed by atoms with Gasteiger partial charge in [0.25, 0.3) is 7.37 Å². The maximum absolute atomic E-state index is 12.4. The van der Waals surface area contributed by atoms with Crippen LogP contribution in [0.5, 0.6) is 11.5 Å². The summed E-state index contributed by atoms with van der Waals surface area (Å²) in [7, 11) is -3.20. The zero-order chi connectivity index (χ0) is 31.7. The molecule has 0 spiro atoms. The van der Waals surface area contributed by atoms with Crippen LogP contribution >= 0.6 is 15.5 Å². The molecule has 0 bridgehead atoms. The molecule has 0 aliphatic carbocycles. The number of rotatable bonds is 0. The summed E-state index contributed by atoms with van der Waals surface area (Å²) in [6.45, 7) is 3.83. The van der Waals surface area contributed by atoms with Gasteiger partial charge in [0, 0.05) is 28.5 Å². The molecule has 2 aliphatic rings. The molecular weight excluding hydrogens is 610 g/mol. The molecular formula is C39H30O5P2. The van der Waals surface area contributed by atoms with E-state index in [9.17, 15) is 9.36 Å². The molecule has 5 nitrogen and oxygen atoms in total. The highest BCUT2D eigenvalue weighted by Crippen LogP contribution is 2.51. The Bertz CT molecular complexity index is 2330. The second kappa shape index (κ2) is 12.4. The third kappa shape index (κ3) is 5.65. The maximum atomic E-state index is 12.4. The van der Waals surface area contributed by atoms with E-state index >= 15 is 0 Å². The highest BCUT2D eigenvalue weighted by Gasteiger charge is 2.30. The van der Waals surface area contributed by atoms with Crippen LogP contribution in [0.4, 0.5) is 0 Å². The Balaban J connectivity index is 0.000000110. The first kappa shape index (κ1) is 29.7. The molecule has 226 valence electrons. The molecule has 0 saturated carbocycles. The van der Waals surface area contributed by atoms with Crippen LogP contribution < -0.4 is 25.3 Å². The summed E-state index contributed by atoms with van der Waals surface area (Å²) in [5, 5.41) is 4.72. The Morgan fingerprint density at radius 3 is 1.83 bits per heavy atom. The van der Waals surface area contributed by atoms with Gasteiger partial charge in [-0.05, 0) is 53.5 Å².